The van der Waals surface area contributed by atoms with Crippen LogP contribution in [0.2, 0.25) is 0 Å². The van der Waals surface area contributed by atoms with Gasteiger partial charge in [0, 0.05) is 0 Å². The second-order valence-electron chi connectivity index (χ2n) is 4.05. The fourth-order valence-electron chi connectivity index (χ4n) is 1.73. The average Bonchev–Trinajstić information content (AvgIpc) is 2.37. The molecule has 0 aliphatic heterocycles. The molecule has 0 saturated carbocycles. The summed E-state index contributed by atoms with van der Waals surface area (Å²) < 4.78 is 18.9. The van der Waals surface area contributed by atoms with Crippen molar-refractivity contribution < 1.29 is 13.9 Å². The first-order chi connectivity index (χ1) is 8.70. The molecule has 0 unspecified atom stereocenters. The maximum Gasteiger partial charge on any atom is 0.165 e. The van der Waals surface area contributed by atoms with Crippen LogP contribution in [0.4, 0.5) is 4.39 Å². The van der Waals surface area contributed by atoms with Crippen molar-refractivity contribution in [3.05, 3.63) is 65.0 Å². The topological polar surface area (TPSA) is 26.3 Å². The summed E-state index contributed by atoms with van der Waals surface area (Å²) in [6.45, 7) is 2.22. The van der Waals surface area contributed by atoms with Gasteiger partial charge in [0.05, 0.1) is 5.56 Å². The molecule has 2 aromatic rings. The highest BCUT2D eigenvalue weighted by molar-refractivity contribution is 5.79. The summed E-state index contributed by atoms with van der Waals surface area (Å²) in [6.07, 6.45) is 0.592. The number of halogens is 1. The molecule has 0 saturated heterocycles. The molecule has 2 rings (SSSR count). The Balaban J connectivity index is 2.18. The molecule has 0 heterocycles. The smallest absolute Gasteiger partial charge is 0.165 e. The van der Waals surface area contributed by atoms with E-state index in [9.17, 15) is 9.18 Å². The number of aryl methyl sites for hydroxylation is 1. The molecular formula is C15H13FO2. The molecule has 0 aliphatic carbocycles. The molecule has 2 nitrogen and oxygen atoms in total. The largest absolute Gasteiger partial charge is 0.485 e. The van der Waals surface area contributed by atoms with Gasteiger partial charge in [0.25, 0.3) is 0 Å². The number of carbonyl (C=O) groups is 1. The molecule has 0 fully saturated rings. The van der Waals surface area contributed by atoms with E-state index in [2.05, 4.69) is 0 Å². The Morgan fingerprint density at radius 1 is 1.22 bits per heavy atom. The minimum Gasteiger partial charge on any atom is -0.485 e. The van der Waals surface area contributed by atoms with Gasteiger partial charge in [-0.1, -0.05) is 35.9 Å². The fourth-order valence-corrected chi connectivity index (χ4v) is 1.73. The molecule has 0 atom stereocenters. The van der Waals surface area contributed by atoms with Crippen LogP contribution in [-0.2, 0) is 6.61 Å². The summed E-state index contributed by atoms with van der Waals surface area (Å²) in [5, 5.41) is 0. The van der Waals surface area contributed by atoms with Crippen molar-refractivity contribution in [3.63, 3.8) is 0 Å². The van der Waals surface area contributed by atoms with Crippen LogP contribution in [0, 0.1) is 12.7 Å². The van der Waals surface area contributed by atoms with E-state index >= 15 is 0 Å². The minimum atomic E-state index is -0.521. The fraction of sp³-hybridized carbons (Fsp3) is 0.133. The molecule has 0 spiro atoms. The van der Waals surface area contributed by atoms with E-state index < -0.39 is 5.82 Å². The summed E-state index contributed by atoms with van der Waals surface area (Å²) in [5.41, 5.74) is 2.28. The van der Waals surface area contributed by atoms with Crippen LogP contribution in [0.25, 0.3) is 0 Å². The van der Waals surface area contributed by atoms with Crippen molar-refractivity contribution in [3.8, 4) is 5.75 Å². The number of para-hydroxylation sites is 1. The Kier molecular flexibility index (Phi) is 3.72. The predicted molar refractivity (Wildman–Crippen MR) is 67.3 cm³/mol. The first-order valence-electron chi connectivity index (χ1n) is 5.63. The predicted octanol–water partition coefficient (Wildman–Crippen LogP) is 3.53. The van der Waals surface area contributed by atoms with Crippen molar-refractivity contribution in [1.82, 2.24) is 0 Å². The number of ether oxygens (including phenoxy) is 1. The van der Waals surface area contributed by atoms with E-state index in [1.807, 2.05) is 31.2 Å². The molecule has 0 amide bonds. The monoisotopic (exact) mass is 244 g/mol. The number of aldehydes is 1. The molecule has 2 aromatic carbocycles. The highest BCUT2D eigenvalue weighted by Gasteiger charge is 2.09. The van der Waals surface area contributed by atoms with Crippen LogP contribution in [-0.4, -0.2) is 6.29 Å². The zero-order chi connectivity index (χ0) is 13.0. The van der Waals surface area contributed by atoms with Crippen LogP contribution in [0.15, 0.2) is 42.5 Å². The summed E-state index contributed by atoms with van der Waals surface area (Å²) >= 11 is 0. The Morgan fingerprint density at radius 3 is 2.72 bits per heavy atom. The number of carbonyl (C=O) groups excluding carboxylic acids is 1. The zero-order valence-electron chi connectivity index (χ0n) is 10.0. The number of hydrogen-bond donors (Lipinski definition) is 0. The van der Waals surface area contributed by atoms with E-state index in [1.165, 1.54) is 18.2 Å². The van der Waals surface area contributed by atoms with Crippen LogP contribution < -0.4 is 4.74 Å². The van der Waals surface area contributed by atoms with Crippen molar-refractivity contribution in [1.29, 1.82) is 0 Å². The van der Waals surface area contributed by atoms with E-state index in [-0.39, 0.29) is 17.9 Å². The lowest BCUT2D eigenvalue weighted by Crippen LogP contribution is -2.00. The van der Waals surface area contributed by atoms with Gasteiger partial charge in [-0.2, -0.15) is 0 Å². The third kappa shape index (κ3) is 2.74. The standard InChI is InChI=1S/C15H13FO2/c1-11-4-2-5-12(8-11)10-18-15-13(9-17)6-3-7-14(15)16/h2-9H,10H2,1H3. The van der Waals surface area contributed by atoms with Crippen LogP contribution in [0.1, 0.15) is 21.5 Å². The normalized spacial score (nSPS) is 10.1. The second-order valence-corrected chi connectivity index (χ2v) is 4.05. The molecular weight excluding hydrogens is 231 g/mol. The van der Waals surface area contributed by atoms with Gasteiger partial charge in [-0.3, -0.25) is 4.79 Å². The molecule has 0 N–H and O–H groups in total. The zero-order valence-corrected chi connectivity index (χ0v) is 10.0. The van der Waals surface area contributed by atoms with Gasteiger partial charge in [0.15, 0.2) is 17.9 Å². The molecule has 0 aliphatic rings. The third-order valence-electron chi connectivity index (χ3n) is 2.59. The first kappa shape index (κ1) is 12.3. The van der Waals surface area contributed by atoms with E-state index in [0.29, 0.717) is 6.29 Å². The molecule has 18 heavy (non-hydrogen) atoms. The van der Waals surface area contributed by atoms with Crippen LogP contribution in [0.3, 0.4) is 0 Å². The summed E-state index contributed by atoms with van der Waals surface area (Å²) in [6, 6.07) is 12.0. The maximum atomic E-state index is 13.5. The number of hydrogen-bond acceptors (Lipinski definition) is 2. The lowest BCUT2D eigenvalue weighted by molar-refractivity contribution is 0.111. The Hall–Kier alpha value is -2.16. The third-order valence-corrected chi connectivity index (χ3v) is 2.59. The van der Waals surface area contributed by atoms with Gasteiger partial charge in [-0.15, -0.1) is 0 Å². The van der Waals surface area contributed by atoms with Crippen molar-refractivity contribution >= 4 is 6.29 Å². The molecule has 92 valence electrons. The van der Waals surface area contributed by atoms with E-state index in [0.717, 1.165) is 11.1 Å². The van der Waals surface area contributed by atoms with Gasteiger partial charge in [0.1, 0.15) is 6.61 Å². The van der Waals surface area contributed by atoms with Gasteiger partial charge in [-0.05, 0) is 24.6 Å². The summed E-state index contributed by atoms with van der Waals surface area (Å²) in [5.74, 6) is -0.513. The van der Waals surface area contributed by atoms with Gasteiger partial charge >= 0.3 is 0 Å². The first-order valence-corrected chi connectivity index (χ1v) is 5.63. The Morgan fingerprint density at radius 2 is 2.00 bits per heavy atom. The average molecular weight is 244 g/mol. The van der Waals surface area contributed by atoms with E-state index in [4.69, 9.17) is 4.74 Å². The quantitative estimate of drug-likeness (QED) is 0.769. The molecule has 0 bridgehead atoms. The summed E-state index contributed by atoms with van der Waals surface area (Å²) in [7, 11) is 0. The van der Waals surface area contributed by atoms with Crippen LogP contribution in [0.5, 0.6) is 5.75 Å². The highest BCUT2D eigenvalue weighted by atomic mass is 19.1. The van der Waals surface area contributed by atoms with E-state index in [1.54, 1.807) is 0 Å². The lowest BCUT2D eigenvalue weighted by Gasteiger charge is -2.09. The highest BCUT2D eigenvalue weighted by Crippen LogP contribution is 2.22. The molecule has 0 radical (unpaired) electrons. The van der Waals surface area contributed by atoms with Gasteiger partial charge in [-0.25, -0.2) is 4.39 Å². The van der Waals surface area contributed by atoms with Gasteiger partial charge in [0.2, 0.25) is 0 Å². The van der Waals surface area contributed by atoms with Crippen LogP contribution >= 0.6 is 0 Å². The minimum absolute atomic E-state index is 0.00834. The Labute approximate surface area is 105 Å². The SMILES string of the molecule is Cc1cccc(COc2c(F)cccc2C=O)c1. The lowest BCUT2D eigenvalue weighted by atomic mass is 10.1. The van der Waals surface area contributed by atoms with Crippen molar-refractivity contribution in [2.75, 3.05) is 0 Å². The summed E-state index contributed by atoms with van der Waals surface area (Å²) in [4.78, 5) is 10.8. The van der Waals surface area contributed by atoms with Crippen molar-refractivity contribution in [2.24, 2.45) is 0 Å². The molecule has 0 aromatic heterocycles. The second kappa shape index (κ2) is 5.45. The molecule has 3 heteroatoms. The van der Waals surface area contributed by atoms with Crippen molar-refractivity contribution in [2.45, 2.75) is 13.5 Å². The number of rotatable bonds is 4. The Bertz CT molecular complexity index is 564. The maximum absolute atomic E-state index is 13.5. The number of benzene rings is 2. The van der Waals surface area contributed by atoms with Gasteiger partial charge < -0.3 is 4.74 Å².